The van der Waals surface area contributed by atoms with E-state index in [-0.39, 0.29) is 11.1 Å². The Morgan fingerprint density at radius 1 is 1.60 bits per heavy atom. The third-order valence-electron chi connectivity index (χ3n) is 3.06. The van der Waals surface area contributed by atoms with Crippen molar-refractivity contribution in [3.63, 3.8) is 0 Å². The minimum absolute atomic E-state index is 0.0138. The monoisotopic (exact) mass is 208 g/mol. The van der Waals surface area contributed by atoms with E-state index in [4.69, 9.17) is 0 Å². The summed E-state index contributed by atoms with van der Waals surface area (Å²) in [6.45, 7) is 1.73. The Bertz CT molecular complexity index is 382. The molecule has 0 aliphatic heterocycles. The van der Waals surface area contributed by atoms with Gasteiger partial charge in [0.05, 0.1) is 11.0 Å². The van der Waals surface area contributed by atoms with Gasteiger partial charge in [0.15, 0.2) is 0 Å². The standard InChI is InChI=1S/C10H12N2O3/c1-7(13)10(4-5-10)9-3-2-8(6-11-9)12(14)15/h2-3,6-7,13H,4-5H2,1H3. The molecule has 1 aliphatic carbocycles. The molecule has 0 amide bonds. The number of rotatable bonds is 3. The summed E-state index contributed by atoms with van der Waals surface area (Å²) in [7, 11) is 0. The average molecular weight is 208 g/mol. The number of hydrogen-bond donors (Lipinski definition) is 1. The summed E-state index contributed by atoms with van der Waals surface area (Å²) >= 11 is 0. The quantitative estimate of drug-likeness (QED) is 0.601. The number of nitro groups is 1. The summed E-state index contributed by atoms with van der Waals surface area (Å²) < 4.78 is 0. The lowest BCUT2D eigenvalue weighted by Crippen LogP contribution is -2.23. The van der Waals surface area contributed by atoms with Gasteiger partial charge < -0.3 is 5.11 Å². The van der Waals surface area contributed by atoms with Crippen LogP contribution in [-0.4, -0.2) is 21.1 Å². The molecule has 1 unspecified atom stereocenters. The highest BCUT2D eigenvalue weighted by Gasteiger charge is 2.49. The molecule has 1 heterocycles. The summed E-state index contributed by atoms with van der Waals surface area (Å²) in [4.78, 5) is 14.0. The van der Waals surface area contributed by atoms with E-state index in [2.05, 4.69) is 4.98 Å². The molecule has 1 aromatic rings. The van der Waals surface area contributed by atoms with Crippen LogP contribution in [0, 0.1) is 10.1 Å². The highest BCUT2D eigenvalue weighted by Crippen LogP contribution is 2.50. The Hall–Kier alpha value is -1.49. The maximum absolute atomic E-state index is 10.4. The van der Waals surface area contributed by atoms with Crippen LogP contribution in [0.3, 0.4) is 0 Å². The molecule has 0 saturated heterocycles. The molecule has 1 aromatic heterocycles. The molecule has 1 fully saturated rings. The van der Waals surface area contributed by atoms with Crippen LogP contribution in [0.25, 0.3) is 0 Å². The number of pyridine rings is 1. The van der Waals surface area contributed by atoms with Crippen LogP contribution in [-0.2, 0) is 5.41 Å². The van der Waals surface area contributed by atoms with Crippen molar-refractivity contribution in [3.05, 3.63) is 34.1 Å². The lowest BCUT2D eigenvalue weighted by atomic mass is 9.96. The van der Waals surface area contributed by atoms with Gasteiger partial charge >= 0.3 is 0 Å². The largest absolute Gasteiger partial charge is 0.392 e. The van der Waals surface area contributed by atoms with Gasteiger partial charge in [0.1, 0.15) is 6.20 Å². The van der Waals surface area contributed by atoms with Gasteiger partial charge in [-0.05, 0) is 25.8 Å². The summed E-state index contributed by atoms with van der Waals surface area (Å²) in [6.07, 6.45) is 2.59. The predicted molar refractivity (Wildman–Crippen MR) is 53.5 cm³/mol. The minimum atomic E-state index is -0.473. The predicted octanol–water partition coefficient (Wildman–Crippen LogP) is 1.40. The van der Waals surface area contributed by atoms with Crippen LogP contribution in [0.5, 0.6) is 0 Å². The number of aliphatic hydroxyl groups excluding tert-OH is 1. The maximum atomic E-state index is 10.4. The molecule has 5 nitrogen and oxygen atoms in total. The van der Waals surface area contributed by atoms with Crippen LogP contribution >= 0.6 is 0 Å². The second-order valence-corrected chi connectivity index (χ2v) is 3.99. The van der Waals surface area contributed by atoms with E-state index in [0.29, 0.717) is 0 Å². The Morgan fingerprint density at radius 3 is 2.60 bits per heavy atom. The molecule has 1 saturated carbocycles. The van der Waals surface area contributed by atoms with Gasteiger partial charge in [0.2, 0.25) is 0 Å². The molecule has 0 bridgehead atoms. The van der Waals surface area contributed by atoms with Crippen molar-refractivity contribution in [2.75, 3.05) is 0 Å². The Kier molecular flexibility index (Phi) is 2.19. The zero-order chi connectivity index (χ0) is 11.1. The Balaban J connectivity index is 2.28. The van der Waals surface area contributed by atoms with Crippen LogP contribution in [0.15, 0.2) is 18.3 Å². The molecular formula is C10H12N2O3. The first-order valence-electron chi connectivity index (χ1n) is 4.85. The number of aliphatic hydroxyl groups is 1. The zero-order valence-electron chi connectivity index (χ0n) is 8.38. The first-order valence-corrected chi connectivity index (χ1v) is 4.85. The van der Waals surface area contributed by atoms with Gasteiger partial charge in [-0.25, -0.2) is 0 Å². The van der Waals surface area contributed by atoms with Crippen molar-refractivity contribution >= 4 is 5.69 Å². The van der Waals surface area contributed by atoms with E-state index in [0.717, 1.165) is 18.5 Å². The normalized spacial score (nSPS) is 19.6. The first-order chi connectivity index (χ1) is 7.06. The topological polar surface area (TPSA) is 76.3 Å². The van der Waals surface area contributed by atoms with Crippen LogP contribution in [0.2, 0.25) is 0 Å². The SMILES string of the molecule is CC(O)C1(c2ccc([N+](=O)[O-])cn2)CC1. The van der Waals surface area contributed by atoms with Gasteiger partial charge in [0, 0.05) is 17.2 Å². The molecule has 0 spiro atoms. The van der Waals surface area contributed by atoms with Crippen molar-refractivity contribution in [3.8, 4) is 0 Å². The molecule has 2 rings (SSSR count). The van der Waals surface area contributed by atoms with Crippen molar-refractivity contribution in [2.45, 2.75) is 31.3 Å². The van der Waals surface area contributed by atoms with Gasteiger partial charge in [0.25, 0.3) is 5.69 Å². The second-order valence-electron chi connectivity index (χ2n) is 3.99. The summed E-state index contributed by atoms with van der Waals surface area (Å²) in [5.74, 6) is 0. The van der Waals surface area contributed by atoms with Gasteiger partial charge in [-0.2, -0.15) is 0 Å². The maximum Gasteiger partial charge on any atom is 0.287 e. The van der Waals surface area contributed by atoms with E-state index in [1.54, 1.807) is 13.0 Å². The number of nitrogens with zero attached hydrogens (tertiary/aromatic N) is 2. The third-order valence-corrected chi connectivity index (χ3v) is 3.06. The Labute approximate surface area is 86.9 Å². The minimum Gasteiger partial charge on any atom is -0.392 e. The third kappa shape index (κ3) is 1.59. The van der Waals surface area contributed by atoms with E-state index in [1.165, 1.54) is 12.3 Å². The molecule has 1 aliphatic rings. The van der Waals surface area contributed by atoms with Gasteiger partial charge in [-0.15, -0.1) is 0 Å². The number of aromatic nitrogens is 1. The van der Waals surface area contributed by atoms with E-state index >= 15 is 0 Å². The lowest BCUT2D eigenvalue weighted by molar-refractivity contribution is -0.385. The molecular weight excluding hydrogens is 196 g/mol. The molecule has 1 N–H and O–H groups in total. The van der Waals surface area contributed by atoms with E-state index < -0.39 is 11.0 Å². The first kappa shape index (κ1) is 10.0. The zero-order valence-corrected chi connectivity index (χ0v) is 8.38. The molecule has 5 heteroatoms. The number of hydrogen-bond acceptors (Lipinski definition) is 4. The molecule has 15 heavy (non-hydrogen) atoms. The summed E-state index contributed by atoms with van der Waals surface area (Å²) in [5.41, 5.74) is 0.484. The summed E-state index contributed by atoms with van der Waals surface area (Å²) in [5, 5.41) is 20.0. The highest BCUT2D eigenvalue weighted by atomic mass is 16.6. The van der Waals surface area contributed by atoms with Crippen molar-refractivity contribution in [1.82, 2.24) is 4.98 Å². The fourth-order valence-electron chi connectivity index (χ4n) is 1.81. The Morgan fingerprint density at radius 2 is 2.27 bits per heavy atom. The lowest BCUT2D eigenvalue weighted by Gasteiger charge is -2.17. The van der Waals surface area contributed by atoms with Gasteiger partial charge in [-0.3, -0.25) is 15.1 Å². The fourth-order valence-corrected chi connectivity index (χ4v) is 1.81. The summed E-state index contributed by atoms with van der Waals surface area (Å²) in [6, 6.07) is 3.07. The van der Waals surface area contributed by atoms with E-state index in [1.807, 2.05) is 0 Å². The van der Waals surface area contributed by atoms with Crippen molar-refractivity contribution < 1.29 is 10.0 Å². The van der Waals surface area contributed by atoms with Crippen LogP contribution in [0.1, 0.15) is 25.5 Å². The molecule has 0 radical (unpaired) electrons. The molecule has 0 aromatic carbocycles. The molecule has 1 atom stereocenters. The highest BCUT2D eigenvalue weighted by molar-refractivity contribution is 5.33. The fraction of sp³-hybridized carbons (Fsp3) is 0.500. The van der Waals surface area contributed by atoms with Crippen molar-refractivity contribution in [1.29, 1.82) is 0 Å². The van der Waals surface area contributed by atoms with Crippen molar-refractivity contribution in [2.24, 2.45) is 0 Å². The van der Waals surface area contributed by atoms with Gasteiger partial charge in [-0.1, -0.05) is 0 Å². The average Bonchev–Trinajstić information content (AvgIpc) is 2.98. The van der Waals surface area contributed by atoms with Crippen LogP contribution in [0.4, 0.5) is 5.69 Å². The molecule has 80 valence electrons. The smallest absolute Gasteiger partial charge is 0.287 e. The van der Waals surface area contributed by atoms with E-state index in [9.17, 15) is 15.2 Å². The van der Waals surface area contributed by atoms with Crippen LogP contribution < -0.4 is 0 Å². The second kappa shape index (κ2) is 3.27.